The predicted octanol–water partition coefficient (Wildman–Crippen LogP) is 6.09. The molecule has 198 valence electrons. The lowest BCUT2D eigenvalue weighted by Gasteiger charge is -2.17. The molecule has 4 aromatic rings. The van der Waals surface area contributed by atoms with Crippen molar-refractivity contribution in [3.8, 4) is 11.4 Å². The van der Waals surface area contributed by atoms with Crippen molar-refractivity contribution in [2.45, 2.75) is 45.5 Å². The summed E-state index contributed by atoms with van der Waals surface area (Å²) in [4.78, 5) is 26.6. The molecule has 11 heteroatoms. The van der Waals surface area contributed by atoms with Crippen LogP contribution in [0.25, 0.3) is 22.6 Å². The number of amides is 1. The molecule has 2 N–H and O–H groups in total. The summed E-state index contributed by atoms with van der Waals surface area (Å²) in [5, 5.41) is 3.47. The highest BCUT2D eigenvalue weighted by atomic mass is 32.2. The molecule has 2 aromatic carbocycles. The Hall–Kier alpha value is -3.60. The van der Waals surface area contributed by atoms with E-state index in [2.05, 4.69) is 26.9 Å². The molecule has 1 atom stereocenters. The Kier molecular flexibility index (Phi) is 7.04. The van der Waals surface area contributed by atoms with Gasteiger partial charge in [0.1, 0.15) is 11.3 Å². The summed E-state index contributed by atoms with van der Waals surface area (Å²) in [6.07, 6.45) is -0.451. The van der Waals surface area contributed by atoms with Gasteiger partial charge in [-0.05, 0) is 56.4 Å². The number of aromatic nitrogens is 4. The molecule has 0 radical (unpaired) electrons. The maximum atomic E-state index is 13.2. The Balaban J connectivity index is 1.69. The third kappa shape index (κ3) is 5.47. The van der Waals surface area contributed by atoms with Crippen LogP contribution in [0.4, 0.5) is 19.0 Å². The molecule has 1 saturated carbocycles. The zero-order valence-corrected chi connectivity index (χ0v) is 22.0. The number of hydrogen-bond acceptors (Lipinski definition) is 6. The average molecular weight is 541 g/mol. The Morgan fingerprint density at radius 2 is 1.87 bits per heavy atom. The van der Waals surface area contributed by atoms with Crippen LogP contribution in [0.15, 0.2) is 48.5 Å². The Morgan fingerprint density at radius 1 is 1.13 bits per heavy atom. The largest absolute Gasteiger partial charge is 0.416 e. The first kappa shape index (κ1) is 26.0. The second kappa shape index (κ2) is 10.3. The van der Waals surface area contributed by atoms with E-state index in [4.69, 9.17) is 4.98 Å². The Labute approximate surface area is 222 Å². The Morgan fingerprint density at radius 3 is 2.50 bits per heavy atom. The molecule has 1 aliphatic carbocycles. The quantitative estimate of drug-likeness (QED) is 0.263. The summed E-state index contributed by atoms with van der Waals surface area (Å²) in [6.45, 7) is 4.29. The van der Waals surface area contributed by atoms with E-state index in [1.807, 2.05) is 35.8 Å². The van der Waals surface area contributed by atoms with Crippen molar-refractivity contribution in [2.24, 2.45) is 5.92 Å². The predicted molar refractivity (Wildman–Crippen MR) is 143 cm³/mol. The topological polar surface area (TPSA) is 84.7 Å². The van der Waals surface area contributed by atoms with Gasteiger partial charge in [0, 0.05) is 24.4 Å². The molecule has 2 aromatic heterocycles. The van der Waals surface area contributed by atoms with E-state index in [-0.39, 0.29) is 18.4 Å². The summed E-state index contributed by atoms with van der Waals surface area (Å²) in [5.41, 5.74) is 2.74. The number of carbonyl (C=O) groups is 1. The molecule has 0 saturated heterocycles. The molecular weight excluding hydrogens is 513 g/mol. The van der Waals surface area contributed by atoms with Crippen LogP contribution in [0.3, 0.4) is 0 Å². The first-order valence-electron chi connectivity index (χ1n) is 12.3. The standard InChI is InChI=1S/C27H27F3N6OS/c1-15-5-4-6-19(13-15)25-34-23-21(36(25)14-17-7-11-20(12-8-17)27(28,29)30)22(31-16(2)18-9-10-18)32-24(33-23)26(37)35-38-3/h4-8,11-13,16,18H,9-10,14H2,1-3H3,(H,35,37)(H,31,32,33)/t16-/m1/s1. The van der Waals surface area contributed by atoms with Crippen LogP contribution in [0, 0.1) is 12.8 Å². The van der Waals surface area contributed by atoms with E-state index in [1.54, 1.807) is 6.26 Å². The molecular formula is C27H27F3N6OS. The van der Waals surface area contributed by atoms with Gasteiger partial charge in [-0.2, -0.15) is 13.2 Å². The fraction of sp³-hybridized carbons (Fsp3) is 0.333. The van der Waals surface area contributed by atoms with Gasteiger partial charge < -0.3 is 9.88 Å². The van der Waals surface area contributed by atoms with E-state index < -0.39 is 17.6 Å². The van der Waals surface area contributed by atoms with Gasteiger partial charge in [0.15, 0.2) is 11.5 Å². The third-order valence-electron chi connectivity index (χ3n) is 6.59. The number of fused-ring (bicyclic) bond motifs is 1. The molecule has 1 amide bonds. The van der Waals surface area contributed by atoms with Crippen LogP contribution in [0.5, 0.6) is 0 Å². The zero-order chi connectivity index (χ0) is 27.0. The van der Waals surface area contributed by atoms with E-state index in [0.29, 0.717) is 34.3 Å². The van der Waals surface area contributed by atoms with Crippen LogP contribution in [0.1, 0.15) is 47.1 Å². The van der Waals surface area contributed by atoms with Gasteiger partial charge in [0.25, 0.3) is 5.91 Å². The SMILES string of the molecule is CSNC(=O)c1nc(N[C@H](C)C2CC2)c2c(n1)nc(-c1cccc(C)c1)n2Cc1ccc(C(F)(F)F)cc1. The van der Waals surface area contributed by atoms with E-state index in [0.717, 1.165) is 48.0 Å². The molecule has 0 aliphatic heterocycles. The van der Waals surface area contributed by atoms with Crippen molar-refractivity contribution in [1.82, 2.24) is 24.2 Å². The maximum absolute atomic E-state index is 13.2. The summed E-state index contributed by atoms with van der Waals surface area (Å²) in [7, 11) is 0. The van der Waals surface area contributed by atoms with Gasteiger partial charge in [0.2, 0.25) is 5.82 Å². The van der Waals surface area contributed by atoms with Crippen LogP contribution in [-0.4, -0.2) is 37.7 Å². The number of nitrogens with one attached hydrogen (secondary N) is 2. The molecule has 1 aliphatic rings. The molecule has 0 spiro atoms. The van der Waals surface area contributed by atoms with Crippen molar-refractivity contribution < 1.29 is 18.0 Å². The molecule has 38 heavy (non-hydrogen) atoms. The highest BCUT2D eigenvalue weighted by Gasteiger charge is 2.31. The summed E-state index contributed by atoms with van der Waals surface area (Å²) >= 11 is 1.15. The number of alkyl halides is 3. The number of nitrogens with zero attached hydrogens (tertiary/aromatic N) is 4. The van der Waals surface area contributed by atoms with Gasteiger partial charge in [-0.1, -0.05) is 47.8 Å². The van der Waals surface area contributed by atoms with Crippen LogP contribution >= 0.6 is 11.9 Å². The number of carbonyl (C=O) groups excluding carboxylic acids is 1. The third-order valence-corrected chi connectivity index (χ3v) is 6.98. The maximum Gasteiger partial charge on any atom is 0.416 e. The lowest BCUT2D eigenvalue weighted by atomic mass is 10.1. The molecule has 1 fully saturated rings. The highest BCUT2D eigenvalue weighted by molar-refractivity contribution is 7.97. The van der Waals surface area contributed by atoms with Gasteiger partial charge in [-0.15, -0.1) is 0 Å². The van der Waals surface area contributed by atoms with E-state index >= 15 is 0 Å². The summed E-state index contributed by atoms with van der Waals surface area (Å²) in [5.74, 6) is 1.12. The lowest BCUT2D eigenvalue weighted by molar-refractivity contribution is -0.137. The molecule has 0 unspecified atom stereocenters. The van der Waals surface area contributed by atoms with Gasteiger partial charge in [0.05, 0.1) is 5.56 Å². The van der Waals surface area contributed by atoms with Crippen LogP contribution < -0.4 is 10.0 Å². The van der Waals surface area contributed by atoms with Crippen molar-refractivity contribution in [1.29, 1.82) is 0 Å². The van der Waals surface area contributed by atoms with Crippen molar-refractivity contribution >= 4 is 34.8 Å². The summed E-state index contributed by atoms with van der Waals surface area (Å²) < 4.78 is 44.0. The molecule has 7 nitrogen and oxygen atoms in total. The average Bonchev–Trinajstić information content (AvgIpc) is 3.66. The van der Waals surface area contributed by atoms with Gasteiger partial charge >= 0.3 is 6.18 Å². The zero-order valence-electron chi connectivity index (χ0n) is 21.1. The normalized spacial score (nSPS) is 14.5. The number of anilines is 1. The van der Waals surface area contributed by atoms with Gasteiger partial charge in [-0.3, -0.25) is 9.52 Å². The lowest BCUT2D eigenvalue weighted by Crippen LogP contribution is -2.23. The molecule has 5 rings (SSSR count). The first-order chi connectivity index (χ1) is 18.1. The highest BCUT2D eigenvalue weighted by Crippen LogP contribution is 2.36. The van der Waals surface area contributed by atoms with E-state index in [9.17, 15) is 18.0 Å². The number of rotatable bonds is 8. The molecule has 2 heterocycles. The second-order valence-electron chi connectivity index (χ2n) is 9.56. The fourth-order valence-corrected chi connectivity index (χ4v) is 4.72. The second-order valence-corrected chi connectivity index (χ2v) is 10.2. The van der Waals surface area contributed by atoms with Crippen molar-refractivity contribution in [3.05, 3.63) is 71.0 Å². The number of imidazole rings is 1. The Bertz CT molecular complexity index is 1480. The minimum Gasteiger partial charge on any atom is -0.365 e. The van der Waals surface area contributed by atoms with Crippen LogP contribution in [0.2, 0.25) is 0 Å². The van der Waals surface area contributed by atoms with Gasteiger partial charge in [-0.25, -0.2) is 15.0 Å². The number of aryl methyl sites for hydroxylation is 1. The number of halogens is 3. The fourth-order valence-electron chi connectivity index (χ4n) is 4.45. The minimum absolute atomic E-state index is 0.00711. The first-order valence-corrected chi connectivity index (χ1v) is 13.5. The minimum atomic E-state index is -4.41. The number of benzene rings is 2. The van der Waals surface area contributed by atoms with Crippen LogP contribution in [-0.2, 0) is 12.7 Å². The monoisotopic (exact) mass is 540 g/mol. The number of hydrogen-bond donors (Lipinski definition) is 2. The molecule has 0 bridgehead atoms. The smallest absolute Gasteiger partial charge is 0.365 e. The van der Waals surface area contributed by atoms with E-state index in [1.165, 1.54) is 12.1 Å². The van der Waals surface area contributed by atoms with Crippen molar-refractivity contribution in [3.63, 3.8) is 0 Å². The summed E-state index contributed by atoms with van der Waals surface area (Å²) in [6, 6.07) is 13.0. The van der Waals surface area contributed by atoms with Crippen molar-refractivity contribution in [2.75, 3.05) is 11.6 Å².